The Bertz CT molecular complexity index is 1190. The summed E-state index contributed by atoms with van der Waals surface area (Å²) in [6.45, 7) is 2.74. The van der Waals surface area contributed by atoms with Crippen LogP contribution in [0.2, 0.25) is 0 Å². The maximum Gasteiger partial charge on any atom is 0.254 e. The van der Waals surface area contributed by atoms with Crippen molar-refractivity contribution >= 4 is 11.7 Å². The van der Waals surface area contributed by atoms with Gasteiger partial charge in [-0.15, -0.1) is 0 Å². The van der Waals surface area contributed by atoms with E-state index < -0.39 is 12.0 Å². The molecule has 1 aliphatic carbocycles. The van der Waals surface area contributed by atoms with Crippen molar-refractivity contribution in [3.8, 4) is 6.07 Å². The summed E-state index contributed by atoms with van der Waals surface area (Å²) in [4.78, 5) is 20.0. The average molecular weight is 476 g/mol. The van der Waals surface area contributed by atoms with Crippen LogP contribution in [0.15, 0.2) is 41.4 Å². The number of hydrogen-bond donors (Lipinski definition) is 2. The Kier molecular flexibility index (Phi) is 6.30. The highest BCUT2D eigenvalue weighted by Gasteiger charge is 2.38. The van der Waals surface area contributed by atoms with Crippen molar-refractivity contribution in [1.29, 1.82) is 5.26 Å². The number of piperidine rings is 1. The highest BCUT2D eigenvalue weighted by molar-refractivity contribution is 6.04. The first-order chi connectivity index (χ1) is 17.0. The molecule has 3 aliphatic rings. The van der Waals surface area contributed by atoms with E-state index >= 15 is 4.39 Å². The second-order valence-electron chi connectivity index (χ2n) is 9.51. The molecule has 7 nitrogen and oxygen atoms in total. The fraction of sp³-hybridized carbons (Fsp3) is 0.444. The first-order valence-corrected chi connectivity index (χ1v) is 12.2. The summed E-state index contributed by atoms with van der Waals surface area (Å²) in [5.41, 5.74) is 9.47. The molecular weight excluding hydrogens is 445 g/mol. The van der Waals surface area contributed by atoms with Crippen LogP contribution in [0.3, 0.4) is 0 Å². The quantitative estimate of drug-likeness (QED) is 0.662. The molecule has 2 heterocycles. The second kappa shape index (κ2) is 9.40. The van der Waals surface area contributed by atoms with Gasteiger partial charge in [0.1, 0.15) is 11.5 Å². The Morgan fingerprint density at radius 2 is 1.97 bits per heavy atom. The summed E-state index contributed by atoms with van der Waals surface area (Å²) in [5.74, 6) is 1.10. The van der Waals surface area contributed by atoms with E-state index in [1.807, 2.05) is 6.07 Å². The number of amidine groups is 1. The largest absolute Gasteiger partial charge is 0.346 e. The third-order valence-corrected chi connectivity index (χ3v) is 7.32. The second-order valence-corrected chi connectivity index (χ2v) is 9.51. The molecule has 8 heteroatoms. The van der Waals surface area contributed by atoms with Gasteiger partial charge in [-0.3, -0.25) is 4.79 Å². The van der Waals surface area contributed by atoms with Gasteiger partial charge in [0.05, 0.1) is 11.6 Å². The summed E-state index contributed by atoms with van der Waals surface area (Å²) in [6, 6.07) is 12.8. The fourth-order valence-electron chi connectivity index (χ4n) is 5.02. The molecule has 0 bridgehead atoms. The van der Waals surface area contributed by atoms with Gasteiger partial charge in [0.15, 0.2) is 0 Å². The standard InChI is InChI=1S/C27H30FN5O2/c1-3-18-14-21(19-6-7-19)23(24-30-26(35-2)32-31-24)15-22(18)25(34)33-12-10-27(28,11-13-33)20-8-4-17(16-29)5-9-20/h4-5,8-9,14-15,19,26,32H,3,6-7,10-13H2,1-2H3,(H,30,31). The van der Waals surface area contributed by atoms with E-state index in [1.54, 1.807) is 36.3 Å². The van der Waals surface area contributed by atoms with E-state index in [2.05, 4.69) is 34.9 Å². The van der Waals surface area contributed by atoms with Gasteiger partial charge >= 0.3 is 0 Å². The molecular formula is C27H30FN5O2. The zero-order valence-electron chi connectivity index (χ0n) is 20.1. The van der Waals surface area contributed by atoms with Gasteiger partial charge in [0.2, 0.25) is 6.35 Å². The number of methoxy groups -OCH3 is 1. The number of halogens is 1. The number of carbonyl (C=O) groups is 1. The summed E-state index contributed by atoms with van der Waals surface area (Å²) in [6.07, 6.45) is 3.01. The summed E-state index contributed by atoms with van der Waals surface area (Å²) in [5, 5.41) is 9.01. The van der Waals surface area contributed by atoms with Crippen LogP contribution in [-0.2, 0) is 16.8 Å². The molecule has 1 saturated heterocycles. The van der Waals surface area contributed by atoms with Crippen molar-refractivity contribution in [2.45, 2.75) is 57.0 Å². The van der Waals surface area contributed by atoms with E-state index in [0.717, 1.165) is 30.4 Å². The molecule has 182 valence electrons. The number of nitrogens with zero attached hydrogens (tertiary/aromatic N) is 3. The molecule has 2 fully saturated rings. The van der Waals surface area contributed by atoms with Crippen LogP contribution in [0, 0.1) is 11.3 Å². The number of aryl methyl sites for hydroxylation is 1. The number of aliphatic imine (C=N–C) groups is 1. The Morgan fingerprint density at radius 3 is 2.54 bits per heavy atom. The lowest BCUT2D eigenvalue weighted by Gasteiger charge is -2.37. The highest BCUT2D eigenvalue weighted by Crippen LogP contribution is 2.43. The van der Waals surface area contributed by atoms with E-state index in [4.69, 9.17) is 10.00 Å². The van der Waals surface area contributed by atoms with Crippen LogP contribution >= 0.6 is 0 Å². The maximum atomic E-state index is 15.7. The number of amides is 1. The Hall–Kier alpha value is -3.28. The van der Waals surface area contributed by atoms with Crippen molar-refractivity contribution in [3.05, 3.63) is 69.8 Å². The molecule has 35 heavy (non-hydrogen) atoms. The summed E-state index contributed by atoms with van der Waals surface area (Å²) in [7, 11) is 1.59. The maximum absolute atomic E-state index is 15.7. The Labute approximate surface area is 205 Å². The van der Waals surface area contributed by atoms with E-state index in [9.17, 15) is 4.79 Å². The lowest BCUT2D eigenvalue weighted by Crippen LogP contribution is -2.43. The summed E-state index contributed by atoms with van der Waals surface area (Å²) < 4.78 is 21.0. The molecule has 2 N–H and O–H groups in total. The number of rotatable bonds is 6. The lowest BCUT2D eigenvalue weighted by atomic mass is 9.85. The van der Waals surface area contributed by atoms with Crippen LogP contribution in [0.4, 0.5) is 4.39 Å². The van der Waals surface area contributed by atoms with Gasteiger partial charge in [-0.1, -0.05) is 25.1 Å². The van der Waals surface area contributed by atoms with Crippen molar-refractivity contribution in [2.75, 3.05) is 20.2 Å². The molecule has 1 atom stereocenters. The number of alkyl halides is 1. The zero-order chi connectivity index (χ0) is 24.6. The van der Waals surface area contributed by atoms with E-state index in [1.165, 1.54) is 5.56 Å². The van der Waals surface area contributed by atoms with Crippen LogP contribution in [-0.4, -0.2) is 43.2 Å². The molecule has 0 radical (unpaired) electrons. The zero-order valence-corrected chi connectivity index (χ0v) is 20.1. The Balaban J connectivity index is 1.39. The monoisotopic (exact) mass is 475 g/mol. The smallest absolute Gasteiger partial charge is 0.254 e. The molecule has 2 aromatic carbocycles. The molecule has 0 aromatic heterocycles. The topological polar surface area (TPSA) is 89.8 Å². The lowest BCUT2D eigenvalue weighted by molar-refractivity contribution is 0.0420. The van der Waals surface area contributed by atoms with Crippen LogP contribution in [0.1, 0.15) is 76.7 Å². The molecule has 1 unspecified atom stereocenters. The number of nitrogens with one attached hydrogen (secondary N) is 2. The molecule has 2 aromatic rings. The normalized spacial score (nSPS) is 21.3. The van der Waals surface area contributed by atoms with Gasteiger partial charge in [-0.25, -0.2) is 9.38 Å². The van der Waals surface area contributed by atoms with Gasteiger partial charge in [-0.05, 0) is 60.1 Å². The SMILES string of the molecule is CCc1cc(C2CC2)c(C2=NC(OC)NN2)cc1C(=O)N1CCC(F)(c2ccc(C#N)cc2)CC1. The van der Waals surface area contributed by atoms with Crippen LogP contribution < -0.4 is 10.9 Å². The van der Waals surface area contributed by atoms with Crippen molar-refractivity contribution in [1.82, 2.24) is 15.8 Å². The van der Waals surface area contributed by atoms with Crippen LogP contribution in [0.25, 0.3) is 0 Å². The van der Waals surface area contributed by atoms with Gasteiger partial charge in [0, 0.05) is 44.2 Å². The molecule has 0 spiro atoms. The number of ether oxygens (including phenoxy) is 1. The number of benzene rings is 2. The number of hydrogen-bond acceptors (Lipinski definition) is 6. The van der Waals surface area contributed by atoms with E-state index in [0.29, 0.717) is 41.5 Å². The first kappa shape index (κ1) is 23.5. The Morgan fingerprint density at radius 1 is 1.26 bits per heavy atom. The fourth-order valence-corrected chi connectivity index (χ4v) is 5.02. The van der Waals surface area contributed by atoms with Gasteiger partial charge in [-0.2, -0.15) is 10.7 Å². The van der Waals surface area contributed by atoms with Crippen molar-refractivity contribution < 1.29 is 13.9 Å². The highest BCUT2D eigenvalue weighted by atomic mass is 19.1. The number of likely N-dealkylation sites (tertiary alicyclic amines) is 1. The molecule has 2 aliphatic heterocycles. The first-order valence-electron chi connectivity index (χ1n) is 12.2. The van der Waals surface area contributed by atoms with E-state index in [-0.39, 0.29) is 18.7 Å². The van der Waals surface area contributed by atoms with Crippen molar-refractivity contribution in [2.24, 2.45) is 4.99 Å². The molecule has 5 rings (SSSR count). The number of hydrazine groups is 1. The third kappa shape index (κ3) is 4.54. The minimum atomic E-state index is -1.50. The van der Waals surface area contributed by atoms with Gasteiger partial charge in [0.25, 0.3) is 5.91 Å². The van der Waals surface area contributed by atoms with Gasteiger partial charge < -0.3 is 15.1 Å². The molecule has 1 amide bonds. The minimum Gasteiger partial charge on any atom is -0.346 e. The predicted molar refractivity (Wildman–Crippen MR) is 130 cm³/mol. The number of nitriles is 1. The number of carbonyl (C=O) groups excluding carboxylic acids is 1. The minimum absolute atomic E-state index is 0.0674. The van der Waals surface area contributed by atoms with Crippen molar-refractivity contribution in [3.63, 3.8) is 0 Å². The van der Waals surface area contributed by atoms with Crippen LogP contribution in [0.5, 0.6) is 0 Å². The molecule has 1 saturated carbocycles. The summed E-state index contributed by atoms with van der Waals surface area (Å²) >= 11 is 0. The average Bonchev–Trinajstić information content (AvgIpc) is 3.64. The third-order valence-electron chi connectivity index (χ3n) is 7.32. The predicted octanol–water partition coefficient (Wildman–Crippen LogP) is 3.88.